The molecule has 0 saturated carbocycles. The fourth-order valence-corrected chi connectivity index (χ4v) is 1.18. The summed E-state index contributed by atoms with van der Waals surface area (Å²) in [4.78, 5) is 34.0. The molecule has 0 fully saturated rings. The topological polar surface area (TPSA) is 125 Å². The van der Waals surface area contributed by atoms with Crippen LogP contribution in [0.5, 0.6) is 0 Å². The number of imide groups is 1. The number of hydrogen-bond donors (Lipinski definition) is 3. The van der Waals surface area contributed by atoms with E-state index in [-0.39, 0.29) is 13.2 Å². The van der Waals surface area contributed by atoms with E-state index in [4.69, 9.17) is 11.5 Å². The van der Waals surface area contributed by atoms with Gasteiger partial charge >= 0.3 is 5.97 Å². The van der Waals surface area contributed by atoms with E-state index in [2.05, 4.69) is 10.1 Å². The van der Waals surface area contributed by atoms with Crippen LogP contribution in [-0.4, -0.2) is 37.0 Å². The van der Waals surface area contributed by atoms with Gasteiger partial charge in [0.25, 0.3) is 5.91 Å². The van der Waals surface area contributed by atoms with Crippen molar-refractivity contribution in [3.8, 4) is 0 Å². The standard InChI is InChI=1S/C12H15N3O4/c13-6-10(16)19-7-9(14)12(18)15-11(17)8-4-2-1-3-5-8/h1-5,9H,6-7,13-14H2,(H,15,17,18)/t9-/m0/s1. The van der Waals surface area contributed by atoms with Gasteiger partial charge in [0.2, 0.25) is 5.91 Å². The molecule has 1 aromatic rings. The SMILES string of the molecule is NCC(=O)OC[C@H](N)C(=O)NC(=O)c1ccccc1. The van der Waals surface area contributed by atoms with Crippen LogP contribution in [0.15, 0.2) is 30.3 Å². The van der Waals surface area contributed by atoms with Gasteiger partial charge in [-0.2, -0.15) is 0 Å². The molecule has 0 aliphatic heterocycles. The van der Waals surface area contributed by atoms with Gasteiger partial charge in [-0.15, -0.1) is 0 Å². The van der Waals surface area contributed by atoms with Crippen LogP contribution in [0.2, 0.25) is 0 Å². The van der Waals surface area contributed by atoms with Crippen molar-refractivity contribution in [1.82, 2.24) is 5.32 Å². The van der Waals surface area contributed by atoms with Crippen molar-refractivity contribution < 1.29 is 19.1 Å². The largest absolute Gasteiger partial charge is 0.463 e. The average molecular weight is 265 g/mol. The highest BCUT2D eigenvalue weighted by atomic mass is 16.5. The zero-order chi connectivity index (χ0) is 14.3. The number of ether oxygens (including phenoxy) is 1. The van der Waals surface area contributed by atoms with Crippen LogP contribution in [0.1, 0.15) is 10.4 Å². The number of rotatable bonds is 5. The molecule has 0 aliphatic carbocycles. The summed E-state index contributed by atoms with van der Waals surface area (Å²) in [6, 6.07) is 7.08. The first-order valence-corrected chi connectivity index (χ1v) is 5.56. The Kier molecular flexibility index (Phi) is 5.65. The molecule has 19 heavy (non-hydrogen) atoms. The number of nitrogens with one attached hydrogen (secondary N) is 1. The Labute approximate surface area is 109 Å². The monoisotopic (exact) mass is 265 g/mol. The Hall–Kier alpha value is -2.25. The highest BCUT2D eigenvalue weighted by molar-refractivity contribution is 6.06. The molecule has 1 rings (SSSR count). The zero-order valence-corrected chi connectivity index (χ0v) is 10.2. The third-order valence-electron chi connectivity index (χ3n) is 2.20. The van der Waals surface area contributed by atoms with E-state index >= 15 is 0 Å². The maximum atomic E-state index is 11.6. The summed E-state index contributed by atoms with van der Waals surface area (Å²) >= 11 is 0. The first-order valence-electron chi connectivity index (χ1n) is 5.56. The van der Waals surface area contributed by atoms with Crippen LogP contribution in [0.3, 0.4) is 0 Å². The van der Waals surface area contributed by atoms with E-state index in [1.54, 1.807) is 30.3 Å². The summed E-state index contributed by atoms with van der Waals surface area (Å²) in [6.45, 7) is -0.624. The van der Waals surface area contributed by atoms with E-state index in [1.165, 1.54) is 0 Å². The average Bonchev–Trinajstić information content (AvgIpc) is 2.44. The van der Waals surface area contributed by atoms with Crippen LogP contribution < -0.4 is 16.8 Å². The van der Waals surface area contributed by atoms with Crippen LogP contribution in [0.25, 0.3) is 0 Å². The minimum absolute atomic E-state index is 0.294. The third-order valence-corrected chi connectivity index (χ3v) is 2.20. The van der Waals surface area contributed by atoms with Crippen molar-refractivity contribution in [2.75, 3.05) is 13.2 Å². The lowest BCUT2D eigenvalue weighted by Gasteiger charge is -2.11. The second-order valence-corrected chi connectivity index (χ2v) is 3.68. The number of hydrogen-bond acceptors (Lipinski definition) is 6. The Bertz CT molecular complexity index is 461. The van der Waals surface area contributed by atoms with Gasteiger partial charge in [0, 0.05) is 5.56 Å². The van der Waals surface area contributed by atoms with E-state index in [9.17, 15) is 14.4 Å². The van der Waals surface area contributed by atoms with E-state index < -0.39 is 23.8 Å². The molecule has 0 aliphatic rings. The predicted molar refractivity (Wildman–Crippen MR) is 66.9 cm³/mol. The molecule has 0 bridgehead atoms. The molecular weight excluding hydrogens is 250 g/mol. The number of carbonyl (C=O) groups is 3. The van der Waals surface area contributed by atoms with Crippen LogP contribution in [-0.2, 0) is 14.3 Å². The molecule has 7 nitrogen and oxygen atoms in total. The Morgan fingerprint density at radius 2 is 1.84 bits per heavy atom. The fourth-order valence-electron chi connectivity index (χ4n) is 1.18. The van der Waals surface area contributed by atoms with Gasteiger partial charge in [-0.25, -0.2) is 0 Å². The molecule has 0 saturated heterocycles. The number of nitrogens with two attached hydrogens (primary N) is 2. The van der Waals surface area contributed by atoms with Gasteiger partial charge in [-0.05, 0) is 12.1 Å². The van der Waals surface area contributed by atoms with Crippen molar-refractivity contribution in [3.63, 3.8) is 0 Å². The lowest BCUT2D eigenvalue weighted by molar-refractivity contribution is -0.143. The number of carbonyl (C=O) groups excluding carboxylic acids is 3. The zero-order valence-electron chi connectivity index (χ0n) is 10.2. The van der Waals surface area contributed by atoms with E-state index in [0.717, 1.165) is 0 Å². The van der Waals surface area contributed by atoms with Crippen molar-refractivity contribution in [3.05, 3.63) is 35.9 Å². The summed E-state index contributed by atoms with van der Waals surface area (Å²) < 4.78 is 4.60. The van der Waals surface area contributed by atoms with Gasteiger partial charge < -0.3 is 16.2 Å². The highest BCUT2D eigenvalue weighted by Gasteiger charge is 2.18. The number of amides is 2. The van der Waals surface area contributed by atoms with Gasteiger partial charge in [0.15, 0.2) is 0 Å². The normalized spacial score (nSPS) is 11.5. The predicted octanol–water partition coefficient (Wildman–Crippen LogP) is -1.23. The quantitative estimate of drug-likeness (QED) is 0.573. The summed E-state index contributed by atoms with van der Waals surface area (Å²) in [5, 5.41) is 2.11. The summed E-state index contributed by atoms with van der Waals surface area (Å²) in [7, 11) is 0. The lowest BCUT2D eigenvalue weighted by Crippen LogP contribution is -2.46. The smallest absolute Gasteiger partial charge is 0.319 e. The molecule has 1 aromatic carbocycles. The minimum atomic E-state index is -1.12. The van der Waals surface area contributed by atoms with Crippen molar-refractivity contribution in [2.24, 2.45) is 11.5 Å². The van der Waals surface area contributed by atoms with Gasteiger partial charge in [-0.1, -0.05) is 18.2 Å². The Balaban J connectivity index is 2.46. The van der Waals surface area contributed by atoms with Gasteiger partial charge in [0.05, 0.1) is 6.54 Å². The second-order valence-electron chi connectivity index (χ2n) is 3.68. The first-order chi connectivity index (χ1) is 9.04. The van der Waals surface area contributed by atoms with Gasteiger partial charge in [0.1, 0.15) is 12.6 Å². The maximum absolute atomic E-state index is 11.6. The van der Waals surface area contributed by atoms with E-state index in [1.807, 2.05) is 0 Å². The third kappa shape index (κ3) is 4.86. The van der Waals surface area contributed by atoms with E-state index in [0.29, 0.717) is 5.56 Å². The number of esters is 1. The first kappa shape index (κ1) is 14.8. The maximum Gasteiger partial charge on any atom is 0.319 e. The van der Waals surface area contributed by atoms with Gasteiger partial charge in [-0.3, -0.25) is 19.7 Å². The minimum Gasteiger partial charge on any atom is -0.463 e. The molecule has 5 N–H and O–H groups in total. The molecule has 0 spiro atoms. The van der Waals surface area contributed by atoms with Crippen LogP contribution >= 0.6 is 0 Å². The molecule has 1 atom stereocenters. The molecule has 0 unspecified atom stereocenters. The molecule has 7 heteroatoms. The van der Waals surface area contributed by atoms with Crippen LogP contribution in [0, 0.1) is 0 Å². The van der Waals surface area contributed by atoms with Crippen molar-refractivity contribution in [1.29, 1.82) is 0 Å². The molecule has 0 heterocycles. The number of benzene rings is 1. The Morgan fingerprint density at radius 1 is 1.21 bits per heavy atom. The molecular formula is C12H15N3O4. The molecule has 0 aromatic heterocycles. The molecule has 102 valence electrons. The molecule has 2 amide bonds. The van der Waals surface area contributed by atoms with Crippen LogP contribution in [0.4, 0.5) is 0 Å². The fraction of sp³-hybridized carbons (Fsp3) is 0.250. The summed E-state index contributed by atoms with van der Waals surface area (Å²) in [5.74, 6) is -1.96. The lowest BCUT2D eigenvalue weighted by atomic mass is 10.2. The Morgan fingerprint density at radius 3 is 2.42 bits per heavy atom. The highest BCUT2D eigenvalue weighted by Crippen LogP contribution is 1.98. The second kappa shape index (κ2) is 7.24. The summed E-state index contributed by atoms with van der Waals surface area (Å²) in [5.41, 5.74) is 10.8. The summed E-state index contributed by atoms with van der Waals surface area (Å²) in [6.07, 6.45) is 0. The molecule has 0 radical (unpaired) electrons. The van der Waals surface area contributed by atoms with Crippen molar-refractivity contribution >= 4 is 17.8 Å². The van der Waals surface area contributed by atoms with Crippen molar-refractivity contribution in [2.45, 2.75) is 6.04 Å².